The second-order valence-corrected chi connectivity index (χ2v) is 4.28. The molecule has 16 heavy (non-hydrogen) atoms. The summed E-state index contributed by atoms with van der Waals surface area (Å²) >= 11 is 0. The van der Waals surface area contributed by atoms with Gasteiger partial charge in [-0.3, -0.25) is 0 Å². The van der Waals surface area contributed by atoms with Gasteiger partial charge in [-0.2, -0.15) is 0 Å². The second kappa shape index (κ2) is 4.97. The van der Waals surface area contributed by atoms with Crippen LogP contribution >= 0.6 is 0 Å². The van der Waals surface area contributed by atoms with Crippen molar-refractivity contribution in [2.24, 2.45) is 0 Å². The van der Waals surface area contributed by atoms with Crippen LogP contribution in [0.1, 0.15) is 42.7 Å². The van der Waals surface area contributed by atoms with Crippen LogP contribution in [0.3, 0.4) is 0 Å². The molecule has 1 N–H and O–H groups in total. The summed E-state index contributed by atoms with van der Waals surface area (Å²) in [5.74, 6) is -0.268. The molecule has 2 nitrogen and oxygen atoms in total. The van der Waals surface area contributed by atoms with E-state index in [-0.39, 0.29) is 0 Å². The molecule has 0 radical (unpaired) electrons. The van der Waals surface area contributed by atoms with Crippen molar-refractivity contribution in [3.05, 3.63) is 41.5 Å². The van der Waals surface area contributed by atoms with Crippen molar-refractivity contribution in [1.82, 2.24) is 0 Å². The molecule has 0 aliphatic heterocycles. The molecular weight excluding hydrogens is 200 g/mol. The zero-order valence-corrected chi connectivity index (χ0v) is 9.23. The molecule has 0 spiro atoms. The number of carboxylic acids is 1. The van der Waals surface area contributed by atoms with Gasteiger partial charge in [-0.15, -0.1) is 0 Å². The highest BCUT2D eigenvalue weighted by molar-refractivity contribution is 5.85. The van der Waals surface area contributed by atoms with E-state index in [9.17, 15) is 4.79 Å². The minimum absolute atomic E-state index is 0.620. The Morgan fingerprint density at radius 1 is 1.25 bits per heavy atom. The Morgan fingerprint density at radius 2 is 1.94 bits per heavy atom. The van der Waals surface area contributed by atoms with Crippen LogP contribution in [-0.2, 0) is 4.79 Å². The summed E-state index contributed by atoms with van der Waals surface area (Å²) in [6.07, 6.45) is 7.98. The van der Waals surface area contributed by atoms with E-state index in [0.717, 1.165) is 5.56 Å². The summed E-state index contributed by atoms with van der Waals surface area (Å²) in [6.45, 7) is 0. The minimum Gasteiger partial charge on any atom is -0.478 e. The van der Waals surface area contributed by atoms with Crippen LogP contribution in [0.2, 0.25) is 0 Å². The third-order valence-electron chi connectivity index (χ3n) is 3.20. The molecule has 2 heteroatoms. The maximum Gasteiger partial charge on any atom is 0.328 e. The Balaban J connectivity index is 2.26. The normalized spacial score (nSPS) is 17.0. The lowest BCUT2D eigenvalue weighted by Crippen LogP contribution is -1.95. The molecule has 1 aromatic carbocycles. The molecule has 0 amide bonds. The molecule has 1 fully saturated rings. The van der Waals surface area contributed by atoms with E-state index in [2.05, 4.69) is 6.07 Å². The first-order chi connectivity index (χ1) is 7.77. The average Bonchev–Trinajstić information content (AvgIpc) is 2.80. The highest BCUT2D eigenvalue weighted by Crippen LogP contribution is 2.35. The van der Waals surface area contributed by atoms with Crippen LogP contribution in [0.5, 0.6) is 0 Å². The Labute approximate surface area is 95.6 Å². The Hall–Kier alpha value is -1.57. The molecule has 84 valence electrons. The maximum atomic E-state index is 10.5. The van der Waals surface area contributed by atoms with Crippen LogP contribution in [0.25, 0.3) is 6.08 Å². The molecule has 1 aliphatic rings. The van der Waals surface area contributed by atoms with Crippen LogP contribution in [-0.4, -0.2) is 11.1 Å². The topological polar surface area (TPSA) is 37.3 Å². The molecule has 0 saturated heterocycles. The smallest absolute Gasteiger partial charge is 0.328 e. The third kappa shape index (κ3) is 2.51. The van der Waals surface area contributed by atoms with E-state index in [0.29, 0.717) is 5.92 Å². The van der Waals surface area contributed by atoms with Crippen molar-refractivity contribution >= 4 is 12.0 Å². The van der Waals surface area contributed by atoms with E-state index in [1.165, 1.54) is 37.3 Å². The van der Waals surface area contributed by atoms with Gasteiger partial charge in [0.1, 0.15) is 0 Å². The Morgan fingerprint density at radius 3 is 2.62 bits per heavy atom. The molecular formula is C14H16O2. The molecule has 0 atom stereocenters. The molecule has 0 unspecified atom stereocenters. The van der Waals surface area contributed by atoms with Gasteiger partial charge < -0.3 is 5.11 Å². The fourth-order valence-electron chi connectivity index (χ4n) is 2.43. The van der Waals surface area contributed by atoms with E-state index >= 15 is 0 Å². The number of hydrogen-bond acceptors (Lipinski definition) is 1. The number of carbonyl (C=O) groups is 1. The van der Waals surface area contributed by atoms with Crippen molar-refractivity contribution in [1.29, 1.82) is 0 Å². The van der Waals surface area contributed by atoms with Gasteiger partial charge in [-0.1, -0.05) is 37.1 Å². The van der Waals surface area contributed by atoms with Gasteiger partial charge in [0.15, 0.2) is 0 Å². The van der Waals surface area contributed by atoms with E-state index < -0.39 is 5.97 Å². The quantitative estimate of drug-likeness (QED) is 0.786. The molecule has 1 aromatic rings. The summed E-state index contributed by atoms with van der Waals surface area (Å²) in [5, 5.41) is 8.64. The van der Waals surface area contributed by atoms with Crippen molar-refractivity contribution in [2.75, 3.05) is 0 Å². The maximum absolute atomic E-state index is 10.5. The van der Waals surface area contributed by atoms with Gasteiger partial charge in [0.25, 0.3) is 0 Å². The molecule has 1 aliphatic carbocycles. The third-order valence-corrected chi connectivity index (χ3v) is 3.20. The zero-order valence-electron chi connectivity index (χ0n) is 9.23. The predicted octanol–water partition coefficient (Wildman–Crippen LogP) is 3.44. The van der Waals surface area contributed by atoms with Crippen molar-refractivity contribution in [3.63, 3.8) is 0 Å². The van der Waals surface area contributed by atoms with Crippen molar-refractivity contribution < 1.29 is 9.90 Å². The highest BCUT2D eigenvalue weighted by atomic mass is 16.4. The first-order valence-corrected chi connectivity index (χ1v) is 5.77. The Kier molecular flexibility index (Phi) is 3.40. The van der Waals surface area contributed by atoms with Crippen molar-refractivity contribution in [3.8, 4) is 0 Å². The van der Waals surface area contributed by atoms with Gasteiger partial charge in [-0.05, 0) is 36.0 Å². The highest BCUT2D eigenvalue weighted by Gasteiger charge is 2.18. The van der Waals surface area contributed by atoms with Gasteiger partial charge in [0.2, 0.25) is 0 Å². The van der Waals surface area contributed by atoms with E-state index in [1.54, 1.807) is 6.08 Å². The number of carboxylic acid groups (broad SMARTS) is 1. The van der Waals surface area contributed by atoms with Gasteiger partial charge in [-0.25, -0.2) is 4.79 Å². The fourth-order valence-corrected chi connectivity index (χ4v) is 2.43. The van der Waals surface area contributed by atoms with Crippen LogP contribution in [0.4, 0.5) is 0 Å². The van der Waals surface area contributed by atoms with Gasteiger partial charge in [0, 0.05) is 6.08 Å². The van der Waals surface area contributed by atoms with Crippen LogP contribution in [0.15, 0.2) is 30.3 Å². The number of hydrogen-bond donors (Lipinski definition) is 1. The number of benzene rings is 1. The monoisotopic (exact) mass is 216 g/mol. The van der Waals surface area contributed by atoms with Crippen LogP contribution in [0, 0.1) is 0 Å². The second-order valence-electron chi connectivity index (χ2n) is 4.28. The van der Waals surface area contributed by atoms with Gasteiger partial charge >= 0.3 is 5.97 Å². The zero-order chi connectivity index (χ0) is 11.4. The largest absolute Gasteiger partial charge is 0.478 e. The lowest BCUT2D eigenvalue weighted by molar-refractivity contribution is -0.131. The van der Waals surface area contributed by atoms with Crippen molar-refractivity contribution in [2.45, 2.75) is 31.6 Å². The summed E-state index contributed by atoms with van der Waals surface area (Å²) in [6, 6.07) is 8.11. The summed E-state index contributed by atoms with van der Waals surface area (Å²) in [5.41, 5.74) is 2.36. The standard InChI is InChI=1S/C14H16O2/c15-14(16)10-9-12-7-3-4-8-13(12)11-5-1-2-6-11/h3-4,7-11H,1-2,5-6H2,(H,15,16). The van der Waals surface area contributed by atoms with E-state index in [1.807, 2.05) is 18.2 Å². The first kappa shape index (κ1) is 10.9. The summed E-state index contributed by atoms with van der Waals surface area (Å²) in [4.78, 5) is 10.5. The predicted molar refractivity (Wildman–Crippen MR) is 64.3 cm³/mol. The average molecular weight is 216 g/mol. The lowest BCUT2D eigenvalue weighted by atomic mass is 9.93. The minimum atomic E-state index is -0.888. The number of aliphatic carboxylic acids is 1. The fraction of sp³-hybridized carbons (Fsp3) is 0.357. The number of rotatable bonds is 3. The van der Waals surface area contributed by atoms with Crippen LogP contribution < -0.4 is 0 Å². The van der Waals surface area contributed by atoms with E-state index in [4.69, 9.17) is 5.11 Å². The SMILES string of the molecule is O=C(O)C=Cc1ccccc1C1CCCC1. The lowest BCUT2D eigenvalue weighted by Gasteiger charge is -2.12. The molecule has 2 rings (SSSR count). The molecule has 0 bridgehead atoms. The van der Waals surface area contributed by atoms with Gasteiger partial charge in [0.05, 0.1) is 0 Å². The summed E-state index contributed by atoms with van der Waals surface area (Å²) < 4.78 is 0. The molecule has 0 heterocycles. The summed E-state index contributed by atoms with van der Waals surface area (Å²) in [7, 11) is 0. The molecule has 0 aromatic heterocycles. The Bertz CT molecular complexity index is 401. The molecule has 1 saturated carbocycles. The first-order valence-electron chi connectivity index (χ1n) is 5.77.